The van der Waals surface area contributed by atoms with Gasteiger partial charge >= 0.3 is 0 Å². The smallest absolute Gasteiger partial charge is 0.112 e. The lowest BCUT2D eigenvalue weighted by Gasteiger charge is -2.09. The van der Waals surface area contributed by atoms with E-state index in [2.05, 4.69) is 10.3 Å². The summed E-state index contributed by atoms with van der Waals surface area (Å²) in [4.78, 5) is 4.51. The Morgan fingerprint density at radius 1 is 1.44 bits per heavy atom. The Kier molecular flexibility index (Phi) is 3.22. The van der Waals surface area contributed by atoms with E-state index in [1.54, 1.807) is 0 Å². The fourth-order valence-electron chi connectivity index (χ4n) is 1.90. The molecule has 0 bridgehead atoms. The predicted molar refractivity (Wildman–Crippen MR) is 64.4 cm³/mol. The van der Waals surface area contributed by atoms with Crippen molar-refractivity contribution in [2.75, 3.05) is 13.6 Å². The molecule has 1 atom stereocenters. The highest BCUT2D eigenvalue weighted by molar-refractivity contribution is 5.75. The number of para-hydroxylation sites is 2. The highest BCUT2D eigenvalue weighted by Crippen LogP contribution is 2.15. The van der Waals surface area contributed by atoms with Crippen LogP contribution in [0.2, 0.25) is 0 Å². The molecule has 0 aliphatic rings. The molecule has 0 saturated heterocycles. The molecule has 2 aromatic rings. The average Bonchev–Trinajstić information content (AvgIpc) is 2.57. The van der Waals surface area contributed by atoms with Crippen molar-refractivity contribution < 1.29 is 5.11 Å². The van der Waals surface area contributed by atoms with Gasteiger partial charge in [0.2, 0.25) is 0 Å². The first-order chi connectivity index (χ1) is 7.72. The van der Waals surface area contributed by atoms with E-state index in [4.69, 9.17) is 0 Å². The standard InChI is InChI=1S/C12H17N3O/c1-13-8-9(16)7-12-14-10-5-3-4-6-11(10)15(12)2/h3-6,9,13,16H,7-8H2,1-2H3. The van der Waals surface area contributed by atoms with Crippen LogP contribution in [-0.2, 0) is 13.5 Å². The van der Waals surface area contributed by atoms with Crippen LogP contribution in [0.3, 0.4) is 0 Å². The van der Waals surface area contributed by atoms with E-state index in [-0.39, 0.29) is 6.10 Å². The molecule has 0 spiro atoms. The van der Waals surface area contributed by atoms with Crippen LogP contribution in [-0.4, -0.2) is 34.4 Å². The van der Waals surface area contributed by atoms with E-state index >= 15 is 0 Å². The first-order valence-electron chi connectivity index (χ1n) is 5.45. The molecular formula is C12H17N3O. The fourth-order valence-corrected chi connectivity index (χ4v) is 1.90. The van der Waals surface area contributed by atoms with Crippen molar-refractivity contribution in [1.82, 2.24) is 14.9 Å². The van der Waals surface area contributed by atoms with E-state index < -0.39 is 0 Å². The van der Waals surface area contributed by atoms with Crippen molar-refractivity contribution in [3.8, 4) is 0 Å². The van der Waals surface area contributed by atoms with Crippen molar-refractivity contribution in [3.63, 3.8) is 0 Å². The van der Waals surface area contributed by atoms with E-state index in [1.807, 2.05) is 42.9 Å². The summed E-state index contributed by atoms with van der Waals surface area (Å²) in [7, 11) is 3.81. The van der Waals surface area contributed by atoms with Crippen LogP contribution >= 0.6 is 0 Å². The Morgan fingerprint density at radius 2 is 2.19 bits per heavy atom. The van der Waals surface area contributed by atoms with Gasteiger partial charge in [-0.25, -0.2) is 4.98 Å². The quantitative estimate of drug-likeness (QED) is 0.795. The van der Waals surface area contributed by atoms with Gasteiger partial charge in [-0.15, -0.1) is 0 Å². The van der Waals surface area contributed by atoms with E-state index in [0.29, 0.717) is 13.0 Å². The molecule has 4 heteroatoms. The molecule has 1 heterocycles. The molecule has 0 aliphatic heterocycles. The molecule has 2 N–H and O–H groups in total. The second-order valence-electron chi connectivity index (χ2n) is 3.99. The number of nitrogens with one attached hydrogen (secondary N) is 1. The SMILES string of the molecule is CNCC(O)Cc1nc2ccccc2n1C. The maximum atomic E-state index is 9.74. The molecule has 1 aromatic carbocycles. The first kappa shape index (κ1) is 11.1. The zero-order chi connectivity index (χ0) is 11.5. The molecule has 0 radical (unpaired) electrons. The first-order valence-corrected chi connectivity index (χ1v) is 5.45. The minimum absolute atomic E-state index is 0.388. The topological polar surface area (TPSA) is 50.1 Å². The second-order valence-corrected chi connectivity index (χ2v) is 3.99. The Bertz CT molecular complexity index is 478. The van der Waals surface area contributed by atoms with E-state index in [0.717, 1.165) is 16.9 Å². The fraction of sp³-hybridized carbons (Fsp3) is 0.417. The van der Waals surface area contributed by atoms with Gasteiger partial charge in [0.05, 0.1) is 17.1 Å². The number of likely N-dealkylation sites (N-methyl/N-ethyl adjacent to an activating group) is 1. The number of fused-ring (bicyclic) bond motifs is 1. The van der Waals surface area contributed by atoms with Crippen LogP contribution in [0.1, 0.15) is 5.82 Å². The third-order valence-corrected chi connectivity index (χ3v) is 2.74. The largest absolute Gasteiger partial charge is 0.391 e. The second kappa shape index (κ2) is 4.63. The molecule has 86 valence electrons. The summed E-state index contributed by atoms with van der Waals surface area (Å²) < 4.78 is 2.04. The lowest BCUT2D eigenvalue weighted by atomic mass is 10.2. The average molecular weight is 219 g/mol. The van der Waals surface area contributed by atoms with Gasteiger partial charge in [0.1, 0.15) is 5.82 Å². The molecule has 0 aliphatic carbocycles. The summed E-state index contributed by atoms with van der Waals surface area (Å²) in [6.45, 7) is 0.587. The number of imidazole rings is 1. The summed E-state index contributed by atoms with van der Waals surface area (Å²) in [5, 5.41) is 12.7. The van der Waals surface area contributed by atoms with Gasteiger partial charge in [-0.05, 0) is 19.2 Å². The van der Waals surface area contributed by atoms with Crippen LogP contribution in [0.4, 0.5) is 0 Å². The van der Waals surface area contributed by atoms with Crippen LogP contribution in [0, 0.1) is 0 Å². The molecule has 1 aromatic heterocycles. The maximum absolute atomic E-state index is 9.74. The molecule has 0 saturated carbocycles. The van der Waals surface area contributed by atoms with Crippen molar-refractivity contribution >= 4 is 11.0 Å². The number of rotatable bonds is 4. The molecular weight excluding hydrogens is 202 g/mol. The summed E-state index contributed by atoms with van der Waals surface area (Å²) in [6, 6.07) is 8.00. The van der Waals surface area contributed by atoms with Crippen molar-refractivity contribution in [3.05, 3.63) is 30.1 Å². The highest BCUT2D eigenvalue weighted by atomic mass is 16.3. The molecule has 16 heavy (non-hydrogen) atoms. The third-order valence-electron chi connectivity index (χ3n) is 2.74. The number of aliphatic hydroxyl groups is 1. The number of aliphatic hydroxyl groups excluding tert-OH is 1. The summed E-state index contributed by atoms with van der Waals surface area (Å²) in [6.07, 6.45) is 0.187. The zero-order valence-electron chi connectivity index (χ0n) is 9.64. The zero-order valence-corrected chi connectivity index (χ0v) is 9.64. The van der Waals surface area contributed by atoms with Crippen LogP contribution in [0.15, 0.2) is 24.3 Å². The number of benzene rings is 1. The number of hydrogen-bond donors (Lipinski definition) is 2. The lowest BCUT2D eigenvalue weighted by Crippen LogP contribution is -2.26. The number of hydrogen-bond acceptors (Lipinski definition) is 3. The Labute approximate surface area is 94.9 Å². The number of nitrogens with zero attached hydrogens (tertiary/aromatic N) is 2. The van der Waals surface area contributed by atoms with Crippen molar-refractivity contribution in [2.24, 2.45) is 7.05 Å². The van der Waals surface area contributed by atoms with E-state index in [1.165, 1.54) is 0 Å². The van der Waals surface area contributed by atoms with E-state index in [9.17, 15) is 5.11 Å². The maximum Gasteiger partial charge on any atom is 0.112 e. The Morgan fingerprint density at radius 3 is 2.88 bits per heavy atom. The minimum atomic E-state index is -0.388. The highest BCUT2D eigenvalue weighted by Gasteiger charge is 2.11. The summed E-state index contributed by atoms with van der Waals surface area (Å²) in [5.74, 6) is 0.920. The summed E-state index contributed by atoms with van der Waals surface area (Å²) in [5.41, 5.74) is 2.09. The monoisotopic (exact) mass is 219 g/mol. The summed E-state index contributed by atoms with van der Waals surface area (Å²) >= 11 is 0. The van der Waals surface area contributed by atoms with Gasteiger partial charge in [0.25, 0.3) is 0 Å². The van der Waals surface area contributed by atoms with Gasteiger partial charge in [-0.1, -0.05) is 12.1 Å². The minimum Gasteiger partial charge on any atom is -0.391 e. The van der Waals surface area contributed by atoms with Crippen LogP contribution < -0.4 is 5.32 Å². The molecule has 4 nitrogen and oxygen atoms in total. The molecule has 2 rings (SSSR count). The molecule has 1 unspecified atom stereocenters. The van der Waals surface area contributed by atoms with Crippen LogP contribution in [0.25, 0.3) is 11.0 Å². The van der Waals surface area contributed by atoms with Crippen molar-refractivity contribution in [1.29, 1.82) is 0 Å². The van der Waals surface area contributed by atoms with Crippen LogP contribution in [0.5, 0.6) is 0 Å². The van der Waals surface area contributed by atoms with Gasteiger partial charge in [-0.3, -0.25) is 0 Å². The predicted octanol–water partition coefficient (Wildman–Crippen LogP) is 0.696. The Balaban J connectivity index is 2.27. The number of aromatic nitrogens is 2. The normalized spacial score (nSPS) is 13.2. The molecule has 0 amide bonds. The number of aryl methyl sites for hydroxylation is 1. The third kappa shape index (κ3) is 2.08. The van der Waals surface area contributed by atoms with Crippen molar-refractivity contribution in [2.45, 2.75) is 12.5 Å². The van der Waals surface area contributed by atoms with Gasteiger partial charge in [-0.2, -0.15) is 0 Å². The van der Waals surface area contributed by atoms with Gasteiger partial charge in [0, 0.05) is 20.0 Å². The lowest BCUT2D eigenvalue weighted by molar-refractivity contribution is 0.171. The Hall–Kier alpha value is -1.39. The van der Waals surface area contributed by atoms with Gasteiger partial charge in [0.15, 0.2) is 0 Å². The van der Waals surface area contributed by atoms with Gasteiger partial charge < -0.3 is 15.0 Å². The molecule has 0 fully saturated rings.